The van der Waals surface area contributed by atoms with Crippen molar-refractivity contribution in [2.24, 2.45) is 7.05 Å². The Morgan fingerprint density at radius 3 is 2.43 bits per heavy atom. The summed E-state index contributed by atoms with van der Waals surface area (Å²) in [7, 11) is 1.61. The average Bonchev–Trinajstić information content (AvgIpc) is 2.71. The van der Waals surface area contributed by atoms with Gasteiger partial charge in [-0.1, -0.05) is 12.1 Å². The molecule has 1 aromatic carbocycles. The number of nitrogen functional groups attached to an aromatic ring is 1. The lowest BCUT2D eigenvalue weighted by Crippen LogP contribution is -2.17. The number of hydrogen-bond donors (Lipinski definition) is 1. The van der Waals surface area contributed by atoms with Crippen molar-refractivity contribution in [2.75, 3.05) is 5.73 Å². The molecule has 0 bridgehead atoms. The van der Waals surface area contributed by atoms with Gasteiger partial charge in [0.2, 0.25) is 0 Å². The van der Waals surface area contributed by atoms with Gasteiger partial charge in [-0.15, -0.1) is 13.2 Å². The number of anilines is 1. The molecule has 0 aliphatic rings. The van der Waals surface area contributed by atoms with Crippen molar-refractivity contribution in [3.05, 3.63) is 41.6 Å². The van der Waals surface area contributed by atoms with Gasteiger partial charge in [0.05, 0.1) is 11.8 Å². The third kappa shape index (κ3) is 3.74. The van der Waals surface area contributed by atoms with Gasteiger partial charge in [-0.3, -0.25) is 9.48 Å². The van der Waals surface area contributed by atoms with E-state index in [1.807, 2.05) is 0 Å². The molecule has 0 fully saturated rings. The number of hydrogen-bond acceptors (Lipinski definition) is 4. The fourth-order valence-corrected chi connectivity index (χ4v) is 1.75. The van der Waals surface area contributed by atoms with Crippen LogP contribution in [0.15, 0.2) is 30.5 Å². The summed E-state index contributed by atoms with van der Waals surface area (Å²) in [5, 5.41) is 3.86. The van der Waals surface area contributed by atoms with Crippen LogP contribution in [0.4, 0.5) is 19.0 Å². The first-order valence-electron chi connectivity index (χ1n) is 5.91. The van der Waals surface area contributed by atoms with Gasteiger partial charge in [0.15, 0.2) is 5.78 Å². The smallest absolute Gasteiger partial charge is 0.406 e. The molecule has 1 aromatic heterocycles. The van der Waals surface area contributed by atoms with Crippen LogP contribution in [0.3, 0.4) is 0 Å². The van der Waals surface area contributed by atoms with Crippen LogP contribution in [0.1, 0.15) is 15.9 Å². The van der Waals surface area contributed by atoms with Crippen LogP contribution in [-0.2, 0) is 13.5 Å². The van der Waals surface area contributed by atoms with Crippen LogP contribution in [0.25, 0.3) is 0 Å². The van der Waals surface area contributed by atoms with Crippen molar-refractivity contribution < 1.29 is 22.7 Å². The van der Waals surface area contributed by atoms with E-state index in [0.29, 0.717) is 5.56 Å². The van der Waals surface area contributed by atoms with Gasteiger partial charge in [0.1, 0.15) is 11.6 Å². The number of carbonyl (C=O) groups is 1. The Morgan fingerprint density at radius 2 is 1.95 bits per heavy atom. The number of Topliss-reactive ketones (excluding diaryl/α,β-unsaturated/α-hetero) is 1. The van der Waals surface area contributed by atoms with E-state index in [4.69, 9.17) is 5.73 Å². The largest absolute Gasteiger partial charge is 0.573 e. The highest BCUT2D eigenvalue weighted by Gasteiger charge is 2.30. The number of alkyl halides is 3. The van der Waals surface area contributed by atoms with E-state index in [2.05, 4.69) is 9.84 Å². The molecule has 2 N–H and O–H groups in total. The zero-order valence-corrected chi connectivity index (χ0v) is 11.0. The average molecular weight is 299 g/mol. The normalized spacial score (nSPS) is 11.4. The summed E-state index contributed by atoms with van der Waals surface area (Å²) in [5.74, 6) is -0.346. The number of carbonyl (C=O) groups excluding carboxylic acids is 1. The summed E-state index contributed by atoms with van der Waals surface area (Å²) in [5.41, 5.74) is 6.52. The monoisotopic (exact) mass is 299 g/mol. The lowest BCUT2D eigenvalue weighted by Gasteiger charge is -2.09. The van der Waals surface area contributed by atoms with Crippen LogP contribution in [-0.4, -0.2) is 21.9 Å². The number of aromatic nitrogens is 2. The predicted molar refractivity (Wildman–Crippen MR) is 68.8 cm³/mol. The second-order valence-electron chi connectivity index (χ2n) is 4.36. The molecule has 112 valence electrons. The molecule has 0 saturated carbocycles. The third-order valence-corrected chi connectivity index (χ3v) is 2.81. The Balaban J connectivity index is 2.07. The van der Waals surface area contributed by atoms with Crippen LogP contribution >= 0.6 is 0 Å². The molecule has 2 aromatic rings. The molecule has 1 heterocycles. The molecule has 0 aliphatic heterocycles. The molecular formula is C13H12F3N3O2. The van der Waals surface area contributed by atoms with E-state index in [0.717, 1.165) is 12.1 Å². The Labute approximate surface area is 118 Å². The maximum Gasteiger partial charge on any atom is 0.573 e. The van der Waals surface area contributed by atoms with E-state index in [1.165, 1.54) is 23.0 Å². The van der Waals surface area contributed by atoms with Crippen molar-refractivity contribution in [2.45, 2.75) is 12.8 Å². The fourth-order valence-electron chi connectivity index (χ4n) is 1.75. The SMILES string of the molecule is Cn1ncc(C(=O)Cc2ccc(OC(F)(F)F)cc2)c1N. The van der Waals surface area contributed by atoms with E-state index >= 15 is 0 Å². The van der Waals surface area contributed by atoms with Gasteiger partial charge in [-0.25, -0.2) is 0 Å². The van der Waals surface area contributed by atoms with Crippen molar-refractivity contribution in [1.82, 2.24) is 9.78 Å². The number of aryl methyl sites for hydroxylation is 1. The second-order valence-corrected chi connectivity index (χ2v) is 4.36. The first-order chi connectivity index (χ1) is 9.76. The summed E-state index contributed by atoms with van der Waals surface area (Å²) in [6.07, 6.45) is -3.36. The zero-order valence-electron chi connectivity index (χ0n) is 11.0. The van der Waals surface area contributed by atoms with Crippen molar-refractivity contribution in [1.29, 1.82) is 0 Å². The molecule has 0 amide bonds. The van der Waals surface area contributed by atoms with E-state index in [9.17, 15) is 18.0 Å². The minimum absolute atomic E-state index is 0.0161. The van der Waals surface area contributed by atoms with E-state index in [1.54, 1.807) is 7.05 Å². The van der Waals surface area contributed by atoms with Crippen LogP contribution in [0, 0.1) is 0 Å². The maximum absolute atomic E-state index is 12.0. The Hall–Kier alpha value is -2.51. The molecule has 21 heavy (non-hydrogen) atoms. The van der Waals surface area contributed by atoms with Crippen LogP contribution in [0.5, 0.6) is 5.75 Å². The Morgan fingerprint density at radius 1 is 1.33 bits per heavy atom. The second kappa shape index (κ2) is 5.47. The number of ether oxygens (including phenoxy) is 1. The minimum Gasteiger partial charge on any atom is -0.406 e. The van der Waals surface area contributed by atoms with Gasteiger partial charge in [0.25, 0.3) is 0 Å². The van der Waals surface area contributed by atoms with Crippen molar-refractivity contribution in [3.63, 3.8) is 0 Å². The minimum atomic E-state index is -4.73. The van der Waals surface area contributed by atoms with Gasteiger partial charge < -0.3 is 10.5 Å². The van der Waals surface area contributed by atoms with Gasteiger partial charge in [-0.2, -0.15) is 5.10 Å². The quantitative estimate of drug-likeness (QED) is 0.880. The lowest BCUT2D eigenvalue weighted by atomic mass is 10.0. The first-order valence-corrected chi connectivity index (χ1v) is 5.91. The lowest BCUT2D eigenvalue weighted by molar-refractivity contribution is -0.274. The zero-order chi connectivity index (χ0) is 15.6. The fraction of sp³-hybridized carbons (Fsp3) is 0.231. The summed E-state index contributed by atoms with van der Waals surface area (Å²) in [6.45, 7) is 0. The van der Waals surface area contributed by atoms with Crippen molar-refractivity contribution >= 4 is 11.6 Å². The van der Waals surface area contributed by atoms with Crippen LogP contribution < -0.4 is 10.5 Å². The molecule has 5 nitrogen and oxygen atoms in total. The highest BCUT2D eigenvalue weighted by atomic mass is 19.4. The topological polar surface area (TPSA) is 70.1 Å². The standard InChI is InChI=1S/C13H12F3N3O2/c1-19-12(17)10(7-18-19)11(20)6-8-2-4-9(5-3-8)21-13(14,15)16/h2-5,7H,6,17H2,1H3. The summed E-state index contributed by atoms with van der Waals surface area (Å²) in [6, 6.07) is 5.10. The van der Waals surface area contributed by atoms with Gasteiger partial charge >= 0.3 is 6.36 Å². The highest BCUT2D eigenvalue weighted by Crippen LogP contribution is 2.23. The molecule has 0 unspecified atom stereocenters. The number of halogens is 3. The third-order valence-electron chi connectivity index (χ3n) is 2.81. The molecule has 0 spiro atoms. The molecular weight excluding hydrogens is 287 g/mol. The summed E-state index contributed by atoms with van der Waals surface area (Å²) >= 11 is 0. The Kier molecular flexibility index (Phi) is 3.88. The number of ketones is 1. The number of benzene rings is 1. The number of nitrogens with zero attached hydrogens (tertiary/aromatic N) is 2. The van der Waals surface area contributed by atoms with Crippen molar-refractivity contribution in [3.8, 4) is 5.75 Å². The van der Waals surface area contributed by atoms with E-state index < -0.39 is 6.36 Å². The molecule has 0 atom stereocenters. The van der Waals surface area contributed by atoms with E-state index in [-0.39, 0.29) is 29.3 Å². The molecule has 2 rings (SSSR count). The number of rotatable bonds is 4. The van der Waals surface area contributed by atoms with Crippen LogP contribution in [0.2, 0.25) is 0 Å². The highest BCUT2D eigenvalue weighted by molar-refractivity contribution is 6.01. The van der Waals surface area contributed by atoms with Gasteiger partial charge in [0, 0.05) is 13.5 Å². The maximum atomic E-state index is 12.0. The first kappa shape index (κ1) is 14.9. The summed E-state index contributed by atoms with van der Waals surface area (Å²) in [4.78, 5) is 12.0. The predicted octanol–water partition coefficient (Wildman–Crippen LogP) is 2.33. The molecule has 0 aliphatic carbocycles. The summed E-state index contributed by atoms with van der Waals surface area (Å²) < 4.78 is 41.2. The van der Waals surface area contributed by atoms with Gasteiger partial charge in [-0.05, 0) is 17.7 Å². The molecule has 8 heteroatoms. The molecule has 0 saturated heterocycles. The Bertz CT molecular complexity index is 648. The number of nitrogens with two attached hydrogens (primary N) is 1. The molecule has 0 radical (unpaired) electrons.